The van der Waals surface area contributed by atoms with Crippen molar-refractivity contribution >= 4 is 45.6 Å². The lowest BCUT2D eigenvalue weighted by molar-refractivity contribution is -0.115. The lowest BCUT2D eigenvalue weighted by Crippen LogP contribution is -2.26. The molecule has 0 unspecified atom stereocenters. The molecule has 178 valence electrons. The zero-order valence-corrected chi connectivity index (χ0v) is 21.8. The van der Waals surface area contributed by atoms with Crippen LogP contribution >= 0.6 is 34.5 Å². The Morgan fingerprint density at radius 2 is 1.88 bits per heavy atom. The number of hydrogen-bond acceptors (Lipinski definition) is 4. The standard InChI is InChI=1S/C27H29Cl2N3OS/c1-16(2)26-25-23(15-32(26)14-17-6-9-20(28)10-7-17)34-27(31-25)30-24(33)13-18-8-11-22(29)21(12-18)19-4-3-5-19/h6-12,16,19,26H,3-5,13-15H2,1-2H3,(H,30,31,33)/t26-/m0/s1. The molecule has 2 aromatic carbocycles. The molecule has 0 radical (unpaired) electrons. The van der Waals surface area contributed by atoms with E-state index in [1.54, 1.807) is 11.3 Å². The summed E-state index contributed by atoms with van der Waals surface area (Å²) in [5.41, 5.74) is 4.53. The van der Waals surface area contributed by atoms with E-state index in [9.17, 15) is 4.79 Å². The van der Waals surface area contributed by atoms with E-state index in [2.05, 4.69) is 42.3 Å². The first-order valence-corrected chi connectivity index (χ1v) is 13.5. The second-order valence-corrected chi connectivity index (χ2v) is 11.7. The molecular formula is C27H29Cl2N3OS. The summed E-state index contributed by atoms with van der Waals surface area (Å²) >= 11 is 14.0. The van der Waals surface area contributed by atoms with Crippen LogP contribution in [0.15, 0.2) is 42.5 Å². The van der Waals surface area contributed by atoms with Crippen LogP contribution < -0.4 is 5.32 Å². The van der Waals surface area contributed by atoms with Crippen LogP contribution in [0.4, 0.5) is 5.13 Å². The maximum Gasteiger partial charge on any atom is 0.230 e. The minimum absolute atomic E-state index is 0.0339. The first kappa shape index (κ1) is 23.8. The fourth-order valence-electron chi connectivity index (χ4n) is 5.02. The van der Waals surface area contributed by atoms with E-state index in [1.165, 1.54) is 35.3 Å². The maximum absolute atomic E-state index is 12.8. The van der Waals surface area contributed by atoms with Crippen LogP contribution in [0.25, 0.3) is 0 Å². The predicted octanol–water partition coefficient (Wildman–Crippen LogP) is 7.61. The fraction of sp³-hybridized carbons (Fsp3) is 0.407. The van der Waals surface area contributed by atoms with Crippen molar-refractivity contribution in [3.05, 3.63) is 79.8 Å². The highest BCUT2D eigenvalue weighted by atomic mass is 35.5. The number of nitrogens with one attached hydrogen (secondary N) is 1. The van der Waals surface area contributed by atoms with Crippen molar-refractivity contribution < 1.29 is 4.79 Å². The van der Waals surface area contributed by atoms with E-state index < -0.39 is 0 Å². The van der Waals surface area contributed by atoms with Gasteiger partial charge in [-0.25, -0.2) is 4.98 Å². The molecule has 1 saturated carbocycles. The number of hydrogen-bond donors (Lipinski definition) is 1. The predicted molar refractivity (Wildman–Crippen MR) is 141 cm³/mol. The highest BCUT2D eigenvalue weighted by Crippen LogP contribution is 2.43. The van der Waals surface area contributed by atoms with E-state index >= 15 is 0 Å². The van der Waals surface area contributed by atoms with Crippen LogP contribution in [-0.4, -0.2) is 15.8 Å². The van der Waals surface area contributed by atoms with Gasteiger partial charge in [-0.2, -0.15) is 0 Å². The quantitative estimate of drug-likeness (QED) is 0.353. The molecule has 1 amide bonds. The van der Waals surface area contributed by atoms with Gasteiger partial charge in [-0.3, -0.25) is 9.69 Å². The number of aromatic nitrogens is 1. The molecule has 1 N–H and O–H groups in total. The molecular weight excluding hydrogens is 485 g/mol. The van der Waals surface area contributed by atoms with Gasteiger partial charge in [-0.1, -0.05) is 67.7 Å². The fourth-order valence-corrected chi connectivity index (χ4v) is 6.46. The Morgan fingerprint density at radius 1 is 1.15 bits per heavy atom. The molecule has 1 aromatic heterocycles. The third-order valence-electron chi connectivity index (χ3n) is 6.89. The topological polar surface area (TPSA) is 45.2 Å². The van der Waals surface area contributed by atoms with Gasteiger partial charge >= 0.3 is 0 Å². The Morgan fingerprint density at radius 3 is 2.56 bits per heavy atom. The summed E-state index contributed by atoms with van der Waals surface area (Å²) in [5.74, 6) is 0.924. The number of carbonyl (C=O) groups is 1. The number of anilines is 1. The molecule has 3 aromatic rings. The molecule has 0 spiro atoms. The van der Waals surface area contributed by atoms with Gasteiger partial charge in [0.2, 0.25) is 5.91 Å². The van der Waals surface area contributed by atoms with Crippen LogP contribution in [0.2, 0.25) is 10.0 Å². The SMILES string of the molecule is CC(C)[C@H]1c2nc(NC(=O)Cc3ccc(Cl)c(C4CCC4)c3)sc2CN1Cc1ccc(Cl)cc1. The monoisotopic (exact) mass is 513 g/mol. The lowest BCUT2D eigenvalue weighted by atomic mass is 9.79. The van der Waals surface area contributed by atoms with Crippen molar-refractivity contribution in [2.24, 2.45) is 5.92 Å². The molecule has 1 fully saturated rings. The zero-order chi connectivity index (χ0) is 23.8. The van der Waals surface area contributed by atoms with Gasteiger partial charge in [0.25, 0.3) is 0 Å². The molecule has 1 aliphatic carbocycles. The van der Waals surface area contributed by atoms with Crippen LogP contribution in [0.3, 0.4) is 0 Å². The number of carbonyl (C=O) groups excluding carboxylic acids is 1. The number of nitrogens with zero attached hydrogens (tertiary/aromatic N) is 2. The highest BCUT2D eigenvalue weighted by molar-refractivity contribution is 7.15. The van der Waals surface area contributed by atoms with Crippen molar-refractivity contribution in [1.82, 2.24) is 9.88 Å². The summed E-state index contributed by atoms with van der Waals surface area (Å²) in [6.07, 6.45) is 3.96. The number of amides is 1. The van der Waals surface area contributed by atoms with Crippen LogP contribution in [-0.2, 0) is 24.3 Å². The Hall–Kier alpha value is -1.92. The number of benzene rings is 2. The van der Waals surface area contributed by atoms with Gasteiger partial charge in [-0.05, 0) is 59.6 Å². The molecule has 34 heavy (non-hydrogen) atoms. The molecule has 2 heterocycles. The minimum Gasteiger partial charge on any atom is -0.302 e. The van der Waals surface area contributed by atoms with Gasteiger partial charge < -0.3 is 5.32 Å². The summed E-state index contributed by atoms with van der Waals surface area (Å²) in [6, 6.07) is 14.3. The summed E-state index contributed by atoms with van der Waals surface area (Å²) in [7, 11) is 0. The van der Waals surface area contributed by atoms with Gasteiger partial charge in [0, 0.05) is 28.0 Å². The lowest BCUT2D eigenvalue weighted by Gasteiger charge is -2.27. The van der Waals surface area contributed by atoms with E-state index in [4.69, 9.17) is 28.2 Å². The van der Waals surface area contributed by atoms with Crippen molar-refractivity contribution in [3.63, 3.8) is 0 Å². The van der Waals surface area contributed by atoms with Crippen LogP contribution in [0, 0.1) is 5.92 Å². The Balaban J connectivity index is 1.25. The van der Waals surface area contributed by atoms with Gasteiger partial charge in [-0.15, -0.1) is 11.3 Å². The van der Waals surface area contributed by atoms with E-state index in [1.807, 2.05) is 24.3 Å². The van der Waals surface area contributed by atoms with Crippen LogP contribution in [0.5, 0.6) is 0 Å². The van der Waals surface area contributed by atoms with E-state index in [-0.39, 0.29) is 11.9 Å². The minimum atomic E-state index is -0.0339. The number of fused-ring (bicyclic) bond motifs is 1. The molecule has 0 saturated heterocycles. The van der Waals surface area contributed by atoms with E-state index in [0.29, 0.717) is 23.4 Å². The second-order valence-electron chi connectivity index (χ2n) is 9.76. The normalized spacial score (nSPS) is 18.2. The number of thiazole rings is 1. The molecule has 1 atom stereocenters. The smallest absolute Gasteiger partial charge is 0.230 e. The average Bonchev–Trinajstić information content (AvgIpc) is 3.27. The van der Waals surface area contributed by atoms with Gasteiger partial charge in [0.1, 0.15) is 0 Å². The molecule has 2 aliphatic rings. The summed E-state index contributed by atoms with van der Waals surface area (Å²) in [4.78, 5) is 21.4. The Labute approximate surface area is 215 Å². The number of rotatable bonds is 7. The summed E-state index contributed by atoms with van der Waals surface area (Å²) in [6.45, 7) is 6.15. The van der Waals surface area contributed by atoms with Crippen molar-refractivity contribution in [2.45, 2.75) is 64.6 Å². The molecule has 0 bridgehead atoms. The van der Waals surface area contributed by atoms with Crippen molar-refractivity contribution in [2.75, 3.05) is 5.32 Å². The van der Waals surface area contributed by atoms with Crippen molar-refractivity contribution in [3.8, 4) is 0 Å². The number of halogens is 2. The van der Waals surface area contributed by atoms with Gasteiger partial charge in [0.15, 0.2) is 5.13 Å². The van der Waals surface area contributed by atoms with E-state index in [0.717, 1.165) is 34.4 Å². The Kier molecular flexibility index (Phi) is 6.99. The third-order valence-corrected chi connectivity index (χ3v) is 8.46. The largest absolute Gasteiger partial charge is 0.302 e. The van der Waals surface area contributed by atoms with Crippen LogP contribution in [0.1, 0.15) is 72.3 Å². The second kappa shape index (κ2) is 9.98. The molecule has 5 rings (SSSR count). The molecule has 1 aliphatic heterocycles. The zero-order valence-electron chi connectivity index (χ0n) is 19.5. The summed E-state index contributed by atoms with van der Waals surface area (Å²) < 4.78 is 0. The molecule has 7 heteroatoms. The summed E-state index contributed by atoms with van der Waals surface area (Å²) in [5, 5.41) is 5.31. The first-order chi connectivity index (χ1) is 16.4. The first-order valence-electron chi connectivity index (χ1n) is 11.9. The molecule has 4 nitrogen and oxygen atoms in total. The van der Waals surface area contributed by atoms with Gasteiger partial charge in [0.05, 0.1) is 18.2 Å². The van der Waals surface area contributed by atoms with Crippen molar-refractivity contribution in [1.29, 1.82) is 0 Å². The average molecular weight is 515 g/mol. The third kappa shape index (κ3) is 5.03. The highest BCUT2D eigenvalue weighted by Gasteiger charge is 2.36. The Bertz CT molecular complexity index is 1190. The maximum atomic E-state index is 12.8.